The number of carbonyl (C=O) groups is 2. The van der Waals surface area contributed by atoms with E-state index >= 15 is 0 Å². The zero-order valence-corrected chi connectivity index (χ0v) is 14.0. The SMILES string of the molecule is Nc1nnc2nc(CC(=O)c3ccccn3)/c(=C/C(=O)c3ccccn3)n12. The number of hydrogen-bond acceptors (Lipinski definition) is 8. The summed E-state index contributed by atoms with van der Waals surface area (Å²) < 4.78 is 1.43. The second-order valence-corrected chi connectivity index (χ2v) is 5.68. The predicted molar refractivity (Wildman–Crippen MR) is 95.7 cm³/mol. The van der Waals surface area contributed by atoms with E-state index in [0.29, 0.717) is 16.7 Å². The molecule has 0 unspecified atom stereocenters. The van der Waals surface area contributed by atoms with Crippen LogP contribution in [0.4, 0.5) is 5.95 Å². The van der Waals surface area contributed by atoms with Gasteiger partial charge in [-0.15, -0.1) is 10.2 Å². The summed E-state index contributed by atoms with van der Waals surface area (Å²) in [4.78, 5) is 37.5. The van der Waals surface area contributed by atoms with Crippen LogP contribution in [0.5, 0.6) is 0 Å². The number of carbonyl (C=O) groups excluding carboxylic acids is 2. The molecule has 4 rings (SSSR count). The van der Waals surface area contributed by atoms with E-state index in [1.165, 1.54) is 22.9 Å². The lowest BCUT2D eigenvalue weighted by molar-refractivity contribution is 0.0985. The van der Waals surface area contributed by atoms with Crippen molar-refractivity contribution < 1.29 is 9.59 Å². The number of Topliss-reactive ketones (excluding diaryl/α,β-unsaturated/α-hetero) is 2. The van der Waals surface area contributed by atoms with Crippen molar-refractivity contribution in [2.75, 3.05) is 5.73 Å². The molecule has 9 nitrogen and oxygen atoms in total. The van der Waals surface area contributed by atoms with Crippen molar-refractivity contribution in [3.8, 4) is 0 Å². The van der Waals surface area contributed by atoms with Gasteiger partial charge in [0.2, 0.25) is 11.7 Å². The second-order valence-electron chi connectivity index (χ2n) is 5.68. The Morgan fingerprint density at radius 2 is 1.70 bits per heavy atom. The summed E-state index contributed by atoms with van der Waals surface area (Å²) >= 11 is 0. The highest BCUT2D eigenvalue weighted by molar-refractivity contribution is 6.16. The van der Waals surface area contributed by atoms with Crippen LogP contribution in [0.2, 0.25) is 0 Å². The number of fused-ring (bicyclic) bond motifs is 1. The van der Waals surface area contributed by atoms with Gasteiger partial charge in [-0.05, 0) is 24.3 Å². The van der Waals surface area contributed by atoms with E-state index in [-0.39, 0.29) is 35.4 Å². The van der Waals surface area contributed by atoms with Crippen molar-refractivity contribution in [2.45, 2.75) is 6.42 Å². The van der Waals surface area contributed by atoms with Gasteiger partial charge in [-0.25, -0.2) is 9.38 Å². The largest absolute Gasteiger partial charge is 0.368 e. The topological polar surface area (TPSA) is 129 Å². The Hall–Kier alpha value is -4.01. The van der Waals surface area contributed by atoms with Crippen LogP contribution in [0.15, 0.2) is 48.8 Å². The van der Waals surface area contributed by atoms with Crippen molar-refractivity contribution in [1.29, 1.82) is 0 Å². The number of nitrogen functional groups attached to an aromatic ring is 1. The fraction of sp³-hybridized carbons (Fsp3) is 0.0556. The Morgan fingerprint density at radius 3 is 2.37 bits per heavy atom. The molecule has 0 saturated carbocycles. The number of rotatable bonds is 5. The molecule has 0 atom stereocenters. The van der Waals surface area contributed by atoms with Crippen molar-refractivity contribution in [2.24, 2.45) is 0 Å². The number of pyridine rings is 2. The highest BCUT2D eigenvalue weighted by atomic mass is 16.1. The lowest BCUT2D eigenvalue weighted by Crippen LogP contribution is -2.21. The first-order chi connectivity index (χ1) is 13.1. The molecule has 0 spiro atoms. The van der Waals surface area contributed by atoms with Crippen LogP contribution in [-0.2, 0) is 6.42 Å². The van der Waals surface area contributed by atoms with Gasteiger partial charge in [0.25, 0.3) is 5.78 Å². The molecular formula is C18H13N7O2. The first kappa shape index (κ1) is 16.5. The molecule has 0 saturated heterocycles. The number of nitrogens with zero attached hydrogens (tertiary/aromatic N) is 6. The molecule has 2 N–H and O–H groups in total. The van der Waals surface area contributed by atoms with Gasteiger partial charge in [0.05, 0.1) is 17.5 Å². The molecule has 27 heavy (non-hydrogen) atoms. The highest BCUT2D eigenvalue weighted by Crippen LogP contribution is 2.06. The third-order valence-corrected chi connectivity index (χ3v) is 3.91. The van der Waals surface area contributed by atoms with E-state index in [1.807, 2.05) is 0 Å². The Bertz CT molecular complexity index is 1190. The van der Waals surface area contributed by atoms with Gasteiger partial charge in [0, 0.05) is 18.5 Å². The molecule has 0 aliphatic rings. The predicted octanol–water partition coefficient (Wildman–Crippen LogP) is 0.304. The van der Waals surface area contributed by atoms with Gasteiger partial charge < -0.3 is 5.73 Å². The molecule has 0 radical (unpaired) electrons. The molecule has 0 aliphatic heterocycles. The van der Waals surface area contributed by atoms with Crippen molar-refractivity contribution in [3.63, 3.8) is 0 Å². The Labute approximate surface area is 152 Å². The van der Waals surface area contributed by atoms with Crippen LogP contribution in [0.3, 0.4) is 0 Å². The van der Waals surface area contributed by atoms with Crippen LogP contribution >= 0.6 is 0 Å². The van der Waals surface area contributed by atoms with Gasteiger partial charge >= 0.3 is 0 Å². The number of anilines is 1. The fourth-order valence-corrected chi connectivity index (χ4v) is 2.65. The average Bonchev–Trinajstić information content (AvgIpc) is 3.23. The van der Waals surface area contributed by atoms with Crippen molar-refractivity contribution in [1.82, 2.24) is 29.5 Å². The monoisotopic (exact) mass is 359 g/mol. The second kappa shape index (κ2) is 6.71. The number of ketones is 2. The van der Waals surface area contributed by atoms with Crippen LogP contribution in [0.25, 0.3) is 11.9 Å². The van der Waals surface area contributed by atoms with E-state index in [2.05, 4.69) is 25.1 Å². The fourth-order valence-electron chi connectivity index (χ4n) is 2.65. The first-order valence-electron chi connectivity index (χ1n) is 8.04. The van der Waals surface area contributed by atoms with Gasteiger partial charge in [-0.2, -0.15) is 0 Å². The smallest absolute Gasteiger partial charge is 0.257 e. The third kappa shape index (κ3) is 3.13. The van der Waals surface area contributed by atoms with E-state index in [0.717, 1.165) is 0 Å². The quantitative estimate of drug-likeness (QED) is 0.504. The zero-order valence-electron chi connectivity index (χ0n) is 14.0. The summed E-state index contributed by atoms with van der Waals surface area (Å²) in [7, 11) is 0. The van der Waals surface area contributed by atoms with Gasteiger partial charge in [0.15, 0.2) is 5.78 Å². The lowest BCUT2D eigenvalue weighted by Gasteiger charge is -1.98. The minimum absolute atomic E-state index is 0.0544. The molecule has 0 amide bonds. The molecule has 0 aromatic carbocycles. The zero-order chi connectivity index (χ0) is 18.8. The average molecular weight is 359 g/mol. The minimum atomic E-state index is -0.343. The molecule has 4 aromatic heterocycles. The Morgan fingerprint density at radius 1 is 1.00 bits per heavy atom. The number of nitrogens with two attached hydrogens (primary N) is 1. The van der Waals surface area contributed by atoms with Crippen LogP contribution < -0.4 is 11.1 Å². The molecular weight excluding hydrogens is 346 g/mol. The van der Waals surface area contributed by atoms with E-state index < -0.39 is 0 Å². The molecule has 0 aliphatic carbocycles. The lowest BCUT2D eigenvalue weighted by atomic mass is 10.1. The maximum absolute atomic E-state index is 12.6. The van der Waals surface area contributed by atoms with E-state index in [9.17, 15) is 9.59 Å². The van der Waals surface area contributed by atoms with Crippen molar-refractivity contribution in [3.05, 3.63) is 71.2 Å². The number of aromatic nitrogens is 6. The standard InChI is InChI=1S/C18H13N7O2/c19-17-23-24-18-22-13(9-15(26)11-5-1-3-7-20-11)14(25(17)18)10-16(27)12-6-2-4-8-21-12/h1-8,10H,9H2,(H2,19,23)/b14-10-. The summed E-state index contributed by atoms with van der Waals surface area (Å²) in [5.74, 6) is -0.280. The maximum Gasteiger partial charge on any atom is 0.257 e. The summed E-state index contributed by atoms with van der Waals surface area (Å²) in [6.07, 6.45) is 4.35. The van der Waals surface area contributed by atoms with Gasteiger partial charge in [0.1, 0.15) is 11.4 Å². The first-order valence-corrected chi connectivity index (χ1v) is 8.04. The van der Waals surface area contributed by atoms with Crippen molar-refractivity contribution >= 4 is 29.4 Å². The van der Waals surface area contributed by atoms with Crippen LogP contribution in [0.1, 0.15) is 26.7 Å². The molecule has 4 heterocycles. The summed E-state index contributed by atoms with van der Waals surface area (Å²) in [5, 5.41) is 7.98. The molecule has 9 heteroatoms. The van der Waals surface area contributed by atoms with E-state index in [4.69, 9.17) is 5.73 Å². The summed E-state index contributed by atoms with van der Waals surface area (Å²) in [6.45, 7) is 0. The maximum atomic E-state index is 12.6. The summed E-state index contributed by atoms with van der Waals surface area (Å²) in [6, 6.07) is 10.1. The number of imidazole rings is 1. The van der Waals surface area contributed by atoms with E-state index in [1.54, 1.807) is 36.4 Å². The third-order valence-electron chi connectivity index (χ3n) is 3.91. The summed E-state index contributed by atoms with van der Waals surface area (Å²) in [5.41, 5.74) is 6.79. The normalized spacial score (nSPS) is 11.8. The number of hydrogen-bond donors (Lipinski definition) is 1. The van der Waals surface area contributed by atoms with Gasteiger partial charge in [-0.3, -0.25) is 19.6 Å². The Kier molecular flexibility index (Phi) is 4.09. The molecule has 132 valence electrons. The van der Waals surface area contributed by atoms with Crippen LogP contribution in [0, 0.1) is 0 Å². The molecule has 0 fully saturated rings. The van der Waals surface area contributed by atoms with Gasteiger partial charge in [-0.1, -0.05) is 12.1 Å². The Balaban J connectivity index is 1.80. The molecule has 0 bridgehead atoms. The minimum Gasteiger partial charge on any atom is -0.368 e. The molecule has 4 aromatic rings. The van der Waals surface area contributed by atoms with Crippen LogP contribution in [-0.4, -0.2) is 41.1 Å². The highest BCUT2D eigenvalue weighted by Gasteiger charge is 2.18.